The van der Waals surface area contributed by atoms with E-state index in [9.17, 15) is 0 Å². The number of hydrogen-bond donors (Lipinski definition) is 0. The highest BCUT2D eigenvalue weighted by molar-refractivity contribution is 5.35. The van der Waals surface area contributed by atoms with Gasteiger partial charge in [-0.1, -0.05) is 29.5 Å². The van der Waals surface area contributed by atoms with Gasteiger partial charge >= 0.3 is 0 Å². The summed E-state index contributed by atoms with van der Waals surface area (Å²) in [6.45, 7) is 2.11. The maximum absolute atomic E-state index is 5.72. The Morgan fingerprint density at radius 3 is 2.93 bits per heavy atom. The molecular weight excluding hydrogens is 190 g/mol. The van der Waals surface area contributed by atoms with Gasteiger partial charge in [-0.3, -0.25) is 9.68 Å². The average molecular weight is 205 g/mol. The van der Waals surface area contributed by atoms with Gasteiger partial charge in [0.2, 0.25) is 0 Å². The van der Waals surface area contributed by atoms with Crippen LogP contribution in [-0.4, -0.2) is 18.4 Å². The van der Waals surface area contributed by atoms with Gasteiger partial charge in [-0.05, 0) is 24.5 Å². The number of benzene rings is 1. The molecule has 3 rings (SSSR count). The average Bonchev–Trinajstić information content (AvgIpc) is 2.57. The van der Waals surface area contributed by atoms with Gasteiger partial charge in [0.1, 0.15) is 6.10 Å². The first-order valence-electron chi connectivity index (χ1n) is 5.41. The lowest BCUT2D eigenvalue weighted by Gasteiger charge is -2.36. The molecule has 15 heavy (non-hydrogen) atoms. The Hall–Kier alpha value is -0.900. The Morgan fingerprint density at radius 2 is 2.07 bits per heavy atom. The van der Waals surface area contributed by atoms with Gasteiger partial charge in [0.15, 0.2) is 0 Å². The maximum Gasteiger partial charge on any atom is 0.113 e. The van der Waals surface area contributed by atoms with Gasteiger partial charge in [-0.2, -0.15) is 0 Å². The summed E-state index contributed by atoms with van der Waals surface area (Å²) in [6, 6.07) is 8.51. The lowest BCUT2D eigenvalue weighted by molar-refractivity contribution is -0.434. The summed E-state index contributed by atoms with van der Waals surface area (Å²) in [6.07, 6.45) is 1.46. The molecule has 0 N–H and O–H groups in total. The molecule has 1 heterocycles. The SMILES string of the molecule is CC1ON(C)O[C@H]2c3ccccc3C[C@@H]12. The number of rotatable bonds is 0. The molecule has 3 nitrogen and oxygen atoms in total. The van der Waals surface area contributed by atoms with E-state index in [-0.39, 0.29) is 12.2 Å². The van der Waals surface area contributed by atoms with Crippen molar-refractivity contribution in [3.05, 3.63) is 35.4 Å². The smallest absolute Gasteiger partial charge is 0.113 e. The fourth-order valence-corrected chi connectivity index (χ4v) is 2.63. The molecule has 3 heteroatoms. The molecule has 1 fully saturated rings. The zero-order valence-electron chi connectivity index (χ0n) is 9.01. The van der Waals surface area contributed by atoms with Crippen LogP contribution in [0.1, 0.15) is 24.2 Å². The molecule has 0 radical (unpaired) electrons. The molecule has 1 aromatic rings. The summed E-state index contributed by atoms with van der Waals surface area (Å²) >= 11 is 0. The number of hydrogen-bond acceptors (Lipinski definition) is 3. The van der Waals surface area contributed by atoms with Gasteiger partial charge in [0.05, 0.1) is 6.10 Å². The number of fused-ring (bicyclic) bond motifs is 3. The van der Waals surface area contributed by atoms with Gasteiger partial charge in [-0.15, -0.1) is 0 Å². The van der Waals surface area contributed by atoms with E-state index in [0.29, 0.717) is 5.92 Å². The summed E-state index contributed by atoms with van der Waals surface area (Å²) in [4.78, 5) is 11.3. The van der Waals surface area contributed by atoms with E-state index in [1.54, 1.807) is 0 Å². The molecule has 0 amide bonds. The van der Waals surface area contributed by atoms with E-state index < -0.39 is 0 Å². The third-order valence-electron chi connectivity index (χ3n) is 3.39. The van der Waals surface area contributed by atoms with Crippen molar-refractivity contribution in [3.8, 4) is 0 Å². The molecule has 1 aromatic carbocycles. The summed E-state index contributed by atoms with van der Waals surface area (Å²) in [5, 5.41) is 1.49. The summed E-state index contributed by atoms with van der Waals surface area (Å²) < 4.78 is 0. The van der Waals surface area contributed by atoms with Crippen LogP contribution >= 0.6 is 0 Å². The monoisotopic (exact) mass is 205 g/mol. The first-order valence-corrected chi connectivity index (χ1v) is 5.41. The lowest BCUT2D eigenvalue weighted by Crippen LogP contribution is -2.40. The molecule has 0 saturated carbocycles. The molecule has 1 aliphatic heterocycles. The van der Waals surface area contributed by atoms with Crippen LogP contribution in [0.2, 0.25) is 0 Å². The van der Waals surface area contributed by atoms with Crippen molar-refractivity contribution in [2.75, 3.05) is 7.05 Å². The molecular formula is C12H15NO2. The standard InChI is InChI=1S/C12H15NO2/c1-8-11-7-9-5-3-4-6-10(9)12(11)15-13(2)14-8/h3-6,8,11-12H,7H2,1-2H3/t8?,11-,12-/m0/s1. The maximum atomic E-state index is 5.72. The molecule has 1 aliphatic carbocycles. The summed E-state index contributed by atoms with van der Waals surface area (Å²) in [5.74, 6) is 0.457. The predicted octanol–water partition coefficient (Wildman–Crippen LogP) is 2.10. The minimum absolute atomic E-state index is 0.176. The van der Waals surface area contributed by atoms with Crippen LogP contribution in [0.25, 0.3) is 0 Å². The van der Waals surface area contributed by atoms with Crippen molar-refractivity contribution in [2.24, 2.45) is 5.92 Å². The van der Waals surface area contributed by atoms with Crippen LogP contribution < -0.4 is 0 Å². The van der Waals surface area contributed by atoms with E-state index in [4.69, 9.17) is 9.68 Å². The van der Waals surface area contributed by atoms with Crippen LogP contribution in [0.5, 0.6) is 0 Å². The minimum atomic E-state index is 0.176. The van der Waals surface area contributed by atoms with Crippen molar-refractivity contribution in [2.45, 2.75) is 25.6 Å². The molecule has 0 spiro atoms. The van der Waals surface area contributed by atoms with Gasteiger partial charge < -0.3 is 0 Å². The topological polar surface area (TPSA) is 21.7 Å². The van der Waals surface area contributed by atoms with Crippen LogP contribution in [-0.2, 0) is 16.1 Å². The van der Waals surface area contributed by atoms with Crippen LogP contribution in [0.3, 0.4) is 0 Å². The van der Waals surface area contributed by atoms with E-state index in [2.05, 4.69) is 31.2 Å². The van der Waals surface area contributed by atoms with Gasteiger partial charge in [0, 0.05) is 13.0 Å². The normalized spacial score (nSPS) is 34.9. The second kappa shape index (κ2) is 3.30. The highest BCUT2D eigenvalue weighted by atomic mass is 17.0. The fraction of sp³-hybridized carbons (Fsp3) is 0.500. The van der Waals surface area contributed by atoms with Crippen molar-refractivity contribution in [1.82, 2.24) is 5.23 Å². The molecule has 3 atom stereocenters. The lowest BCUT2D eigenvalue weighted by atomic mass is 9.97. The largest absolute Gasteiger partial charge is 0.271 e. The first kappa shape index (κ1) is 9.33. The van der Waals surface area contributed by atoms with Crippen LogP contribution in [0, 0.1) is 5.92 Å². The summed E-state index contributed by atoms with van der Waals surface area (Å²) in [7, 11) is 1.81. The number of hydroxylamine groups is 2. The third kappa shape index (κ3) is 1.39. The minimum Gasteiger partial charge on any atom is -0.271 e. The molecule has 1 saturated heterocycles. The Bertz CT molecular complexity index is 380. The summed E-state index contributed by atoms with van der Waals surface area (Å²) in [5.41, 5.74) is 2.72. The van der Waals surface area contributed by atoms with Crippen molar-refractivity contribution in [1.29, 1.82) is 0 Å². The Labute approximate surface area is 89.5 Å². The highest BCUT2D eigenvalue weighted by Gasteiger charge is 2.42. The van der Waals surface area contributed by atoms with Gasteiger partial charge in [-0.25, -0.2) is 0 Å². The van der Waals surface area contributed by atoms with Crippen molar-refractivity contribution >= 4 is 0 Å². The van der Waals surface area contributed by atoms with E-state index >= 15 is 0 Å². The van der Waals surface area contributed by atoms with E-state index in [0.717, 1.165) is 6.42 Å². The van der Waals surface area contributed by atoms with Crippen molar-refractivity contribution in [3.63, 3.8) is 0 Å². The number of nitrogens with zero attached hydrogens (tertiary/aromatic N) is 1. The highest BCUT2D eigenvalue weighted by Crippen LogP contribution is 2.44. The zero-order valence-corrected chi connectivity index (χ0v) is 9.01. The zero-order chi connectivity index (χ0) is 10.4. The Balaban J connectivity index is 1.98. The van der Waals surface area contributed by atoms with Crippen LogP contribution in [0.4, 0.5) is 0 Å². The first-order chi connectivity index (χ1) is 7.25. The molecule has 0 bridgehead atoms. The van der Waals surface area contributed by atoms with Crippen LogP contribution in [0.15, 0.2) is 24.3 Å². The Kier molecular flexibility index (Phi) is 2.06. The molecule has 1 unspecified atom stereocenters. The Morgan fingerprint density at radius 1 is 1.27 bits per heavy atom. The van der Waals surface area contributed by atoms with E-state index in [1.165, 1.54) is 16.4 Å². The van der Waals surface area contributed by atoms with Gasteiger partial charge in [0.25, 0.3) is 0 Å². The third-order valence-corrected chi connectivity index (χ3v) is 3.39. The molecule has 80 valence electrons. The van der Waals surface area contributed by atoms with Crippen molar-refractivity contribution < 1.29 is 9.68 Å². The molecule has 2 aliphatic rings. The fourth-order valence-electron chi connectivity index (χ4n) is 2.63. The quantitative estimate of drug-likeness (QED) is 0.647. The van der Waals surface area contributed by atoms with E-state index in [1.807, 2.05) is 7.05 Å². The second-order valence-electron chi connectivity index (χ2n) is 4.34. The molecule has 0 aromatic heterocycles. The predicted molar refractivity (Wildman–Crippen MR) is 55.8 cm³/mol. The second-order valence-corrected chi connectivity index (χ2v) is 4.34.